The lowest BCUT2D eigenvalue weighted by Gasteiger charge is -2.09. The summed E-state index contributed by atoms with van der Waals surface area (Å²) in [6.45, 7) is 0. The Bertz CT molecular complexity index is 599. The highest BCUT2D eigenvalue weighted by atomic mass is 35.5. The van der Waals surface area contributed by atoms with E-state index >= 15 is 0 Å². The van der Waals surface area contributed by atoms with Gasteiger partial charge in [0.25, 0.3) is 0 Å². The van der Waals surface area contributed by atoms with Crippen molar-refractivity contribution in [3.63, 3.8) is 0 Å². The van der Waals surface area contributed by atoms with Gasteiger partial charge in [0.15, 0.2) is 0 Å². The molecule has 2 rings (SSSR count). The summed E-state index contributed by atoms with van der Waals surface area (Å²) in [4.78, 5) is 10.8. The number of ether oxygens (including phenoxy) is 1. The average Bonchev–Trinajstić information content (AvgIpc) is 2.49. The largest absolute Gasteiger partial charge is 0.496 e. The van der Waals surface area contributed by atoms with E-state index in [0.717, 1.165) is 39.7 Å². The third kappa shape index (κ3) is 3.78. The Kier molecular flexibility index (Phi) is 5.50. The topological polar surface area (TPSA) is 26.3 Å². The van der Waals surface area contributed by atoms with Crippen LogP contribution in [-0.4, -0.2) is 13.4 Å². The van der Waals surface area contributed by atoms with Crippen LogP contribution in [0, 0.1) is 0 Å². The number of carbonyl (C=O) groups is 1. The number of methoxy groups -OCH3 is 1. The molecular formula is C16H15ClO2S. The maximum absolute atomic E-state index is 10.8. The fourth-order valence-electron chi connectivity index (χ4n) is 1.87. The number of rotatable bonds is 6. The molecule has 0 spiro atoms. The Morgan fingerprint density at radius 3 is 2.60 bits per heavy atom. The smallest absolute Gasteiger partial charge is 0.150 e. The second-order valence-electron chi connectivity index (χ2n) is 4.27. The quantitative estimate of drug-likeness (QED) is 0.730. The van der Waals surface area contributed by atoms with E-state index in [0.29, 0.717) is 5.56 Å². The van der Waals surface area contributed by atoms with E-state index < -0.39 is 0 Å². The van der Waals surface area contributed by atoms with Crippen LogP contribution in [0.15, 0.2) is 42.5 Å². The van der Waals surface area contributed by atoms with Gasteiger partial charge < -0.3 is 4.74 Å². The van der Waals surface area contributed by atoms with E-state index in [1.807, 2.05) is 36.4 Å². The van der Waals surface area contributed by atoms with E-state index in [-0.39, 0.29) is 0 Å². The van der Waals surface area contributed by atoms with Gasteiger partial charge in [-0.1, -0.05) is 29.8 Å². The molecule has 0 radical (unpaired) electrons. The molecule has 0 saturated heterocycles. The molecule has 0 unspecified atom stereocenters. The van der Waals surface area contributed by atoms with Crippen molar-refractivity contribution in [3.05, 3.63) is 64.2 Å². The molecule has 0 atom stereocenters. The Hall–Kier alpha value is -1.45. The molecular weight excluding hydrogens is 292 g/mol. The van der Waals surface area contributed by atoms with Gasteiger partial charge in [-0.3, -0.25) is 4.79 Å². The van der Waals surface area contributed by atoms with Gasteiger partial charge in [0, 0.05) is 27.7 Å². The minimum absolute atomic E-state index is 0.666. The number of aldehydes is 1. The van der Waals surface area contributed by atoms with Gasteiger partial charge in [-0.25, -0.2) is 0 Å². The molecule has 0 saturated carbocycles. The minimum atomic E-state index is 0.666. The van der Waals surface area contributed by atoms with Crippen molar-refractivity contribution in [1.82, 2.24) is 0 Å². The van der Waals surface area contributed by atoms with Crippen molar-refractivity contribution in [3.8, 4) is 5.75 Å². The van der Waals surface area contributed by atoms with Gasteiger partial charge >= 0.3 is 0 Å². The minimum Gasteiger partial charge on any atom is -0.496 e. The molecule has 0 bridgehead atoms. The van der Waals surface area contributed by atoms with Crippen molar-refractivity contribution in [2.45, 2.75) is 11.5 Å². The van der Waals surface area contributed by atoms with Crippen molar-refractivity contribution >= 4 is 29.6 Å². The van der Waals surface area contributed by atoms with Crippen molar-refractivity contribution in [2.75, 3.05) is 7.11 Å². The Morgan fingerprint density at radius 1 is 1.15 bits per heavy atom. The number of hydrogen-bond acceptors (Lipinski definition) is 3. The molecule has 20 heavy (non-hydrogen) atoms. The normalized spacial score (nSPS) is 10.3. The summed E-state index contributed by atoms with van der Waals surface area (Å²) >= 11 is 7.87. The fraction of sp³-hybridized carbons (Fsp3) is 0.188. The van der Waals surface area contributed by atoms with Crippen LogP contribution in [0.1, 0.15) is 21.5 Å². The molecule has 2 aromatic carbocycles. The Labute approximate surface area is 128 Å². The molecule has 0 aliphatic rings. The van der Waals surface area contributed by atoms with Crippen molar-refractivity contribution in [2.24, 2.45) is 0 Å². The number of benzene rings is 2. The van der Waals surface area contributed by atoms with Gasteiger partial charge in [-0.15, -0.1) is 0 Å². The summed E-state index contributed by atoms with van der Waals surface area (Å²) in [5, 5.41) is 0.786. The zero-order valence-corrected chi connectivity index (χ0v) is 12.7. The number of carbonyl (C=O) groups excluding carboxylic acids is 1. The lowest BCUT2D eigenvalue weighted by Crippen LogP contribution is -1.93. The summed E-state index contributed by atoms with van der Waals surface area (Å²) < 4.78 is 5.32. The second kappa shape index (κ2) is 7.36. The molecule has 0 amide bonds. The molecule has 0 aromatic heterocycles. The third-order valence-corrected chi connectivity index (χ3v) is 4.31. The third-order valence-electron chi connectivity index (χ3n) is 2.91. The number of hydrogen-bond donors (Lipinski definition) is 0. The van der Waals surface area contributed by atoms with Crippen LogP contribution in [-0.2, 0) is 11.5 Å². The molecule has 2 nitrogen and oxygen atoms in total. The van der Waals surface area contributed by atoms with Gasteiger partial charge in [0.2, 0.25) is 0 Å². The van der Waals surface area contributed by atoms with Gasteiger partial charge in [-0.2, -0.15) is 11.8 Å². The molecule has 0 aliphatic heterocycles. The van der Waals surface area contributed by atoms with Crippen LogP contribution in [0.4, 0.5) is 0 Å². The van der Waals surface area contributed by atoms with Crippen LogP contribution >= 0.6 is 23.4 Å². The molecule has 104 valence electrons. The van der Waals surface area contributed by atoms with Crippen LogP contribution in [0.5, 0.6) is 5.75 Å². The van der Waals surface area contributed by atoms with Crippen LogP contribution in [0.25, 0.3) is 0 Å². The van der Waals surface area contributed by atoms with E-state index in [1.165, 1.54) is 0 Å². The molecule has 2 aromatic rings. The molecule has 0 heterocycles. The highest BCUT2D eigenvalue weighted by Gasteiger charge is 2.06. The zero-order chi connectivity index (χ0) is 14.4. The second-order valence-corrected chi connectivity index (χ2v) is 5.67. The van der Waals surface area contributed by atoms with E-state index in [2.05, 4.69) is 0 Å². The SMILES string of the molecule is COc1ccc(C=O)cc1CSCc1ccccc1Cl. The average molecular weight is 307 g/mol. The lowest BCUT2D eigenvalue weighted by molar-refractivity contribution is 0.112. The predicted octanol–water partition coefficient (Wildman–Crippen LogP) is 4.59. The molecule has 0 N–H and O–H groups in total. The molecule has 4 heteroatoms. The van der Waals surface area contributed by atoms with Gasteiger partial charge in [0.1, 0.15) is 12.0 Å². The van der Waals surface area contributed by atoms with Crippen LogP contribution < -0.4 is 4.74 Å². The maximum Gasteiger partial charge on any atom is 0.150 e. The fourth-order valence-corrected chi connectivity index (χ4v) is 3.17. The van der Waals surface area contributed by atoms with E-state index in [4.69, 9.17) is 16.3 Å². The summed E-state index contributed by atoms with van der Waals surface area (Å²) in [5.41, 5.74) is 2.80. The van der Waals surface area contributed by atoms with Crippen LogP contribution in [0.2, 0.25) is 5.02 Å². The number of halogens is 1. The summed E-state index contributed by atoms with van der Waals surface area (Å²) in [7, 11) is 1.64. The Morgan fingerprint density at radius 2 is 1.90 bits per heavy atom. The Balaban J connectivity index is 2.03. The molecule has 0 fully saturated rings. The van der Waals surface area contributed by atoms with Crippen molar-refractivity contribution < 1.29 is 9.53 Å². The molecule has 0 aliphatic carbocycles. The first-order valence-corrected chi connectivity index (χ1v) is 7.71. The lowest BCUT2D eigenvalue weighted by atomic mass is 10.1. The monoisotopic (exact) mass is 306 g/mol. The first-order chi connectivity index (χ1) is 9.74. The maximum atomic E-state index is 10.8. The first kappa shape index (κ1) is 14.9. The zero-order valence-electron chi connectivity index (χ0n) is 11.1. The summed E-state index contributed by atoms with van der Waals surface area (Å²) in [6, 6.07) is 13.3. The summed E-state index contributed by atoms with van der Waals surface area (Å²) in [5.74, 6) is 2.41. The number of thioether (sulfide) groups is 1. The van der Waals surface area contributed by atoms with Crippen LogP contribution in [0.3, 0.4) is 0 Å². The van der Waals surface area contributed by atoms with E-state index in [1.54, 1.807) is 24.9 Å². The standard InChI is InChI=1S/C16H15ClO2S/c1-19-16-7-6-12(9-18)8-14(16)11-20-10-13-4-2-3-5-15(13)17/h2-9H,10-11H2,1H3. The van der Waals surface area contributed by atoms with Crippen molar-refractivity contribution in [1.29, 1.82) is 0 Å². The summed E-state index contributed by atoms with van der Waals surface area (Å²) in [6.07, 6.45) is 0.849. The van der Waals surface area contributed by atoms with Gasteiger partial charge in [-0.05, 0) is 29.8 Å². The highest BCUT2D eigenvalue weighted by molar-refractivity contribution is 7.97. The first-order valence-electron chi connectivity index (χ1n) is 6.18. The van der Waals surface area contributed by atoms with E-state index in [9.17, 15) is 4.79 Å². The highest BCUT2D eigenvalue weighted by Crippen LogP contribution is 2.27. The predicted molar refractivity (Wildman–Crippen MR) is 84.8 cm³/mol. The van der Waals surface area contributed by atoms with Gasteiger partial charge in [0.05, 0.1) is 7.11 Å².